The number of aliphatic carboxylic acids is 1. The Hall–Kier alpha value is -3.22. The van der Waals surface area contributed by atoms with Gasteiger partial charge >= 0.3 is 5.97 Å². The molecule has 5 amide bonds. The molecular formula is C19H32N6O7. The largest absolute Gasteiger partial charge is 0.480 e. The van der Waals surface area contributed by atoms with Gasteiger partial charge < -0.3 is 37.8 Å². The molecule has 13 heteroatoms. The van der Waals surface area contributed by atoms with Crippen LogP contribution in [0.1, 0.15) is 46.0 Å². The van der Waals surface area contributed by atoms with Crippen molar-refractivity contribution in [2.24, 2.45) is 23.1 Å². The molecule has 0 bridgehead atoms. The summed E-state index contributed by atoms with van der Waals surface area (Å²) in [7, 11) is 0. The van der Waals surface area contributed by atoms with Crippen LogP contribution in [0.15, 0.2) is 0 Å². The minimum absolute atomic E-state index is 0.145. The third kappa shape index (κ3) is 7.80. The summed E-state index contributed by atoms with van der Waals surface area (Å²) in [5.74, 6) is -5.32. The topological polar surface area (TPSA) is 228 Å². The van der Waals surface area contributed by atoms with Gasteiger partial charge in [0, 0.05) is 13.0 Å². The number of carbonyl (C=O) groups is 6. The highest BCUT2D eigenvalue weighted by Crippen LogP contribution is 2.19. The van der Waals surface area contributed by atoms with E-state index in [9.17, 15) is 33.9 Å². The molecule has 13 nitrogen and oxygen atoms in total. The molecule has 1 aliphatic rings. The Bertz CT molecular complexity index is 756. The third-order valence-corrected chi connectivity index (χ3v) is 5.17. The summed E-state index contributed by atoms with van der Waals surface area (Å²) < 4.78 is 0. The van der Waals surface area contributed by atoms with Crippen molar-refractivity contribution in [3.63, 3.8) is 0 Å². The number of primary amides is 2. The molecule has 1 aliphatic heterocycles. The number of nitrogens with zero attached hydrogens (tertiary/aromatic N) is 1. The predicted molar refractivity (Wildman–Crippen MR) is 111 cm³/mol. The first-order chi connectivity index (χ1) is 14.8. The molecule has 0 aromatic carbocycles. The number of rotatable bonds is 12. The van der Waals surface area contributed by atoms with Crippen molar-refractivity contribution in [1.29, 1.82) is 0 Å². The minimum Gasteiger partial charge on any atom is -0.480 e. The SMILES string of the molecule is CC(C)C(N)C(=O)NC(CCC(N)=O)C(=O)NC(CC(N)=O)C(=O)N1CCCC1C(=O)O. The fourth-order valence-corrected chi connectivity index (χ4v) is 3.29. The molecule has 0 spiro atoms. The van der Waals surface area contributed by atoms with Gasteiger partial charge in [-0.05, 0) is 25.2 Å². The maximum absolute atomic E-state index is 12.9. The lowest BCUT2D eigenvalue weighted by molar-refractivity contribution is -0.149. The normalized spacial score (nSPS) is 18.5. The lowest BCUT2D eigenvalue weighted by Gasteiger charge is -2.28. The van der Waals surface area contributed by atoms with Crippen LogP contribution in [-0.2, 0) is 28.8 Å². The molecule has 0 saturated carbocycles. The average Bonchev–Trinajstić information content (AvgIpc) is 3.18. The number of hydrogen-bond donors (Lipinski definition) is 6. The highest BCUT2D eigenvalue weighted by atomic mass is 16.4. The number of nitrogens with two attached hydrogens (primary N) is 3. The zero-order chi connectivity index (χ0) is 24.6. The van der Waals surface area contributed by atoms with E-state index >= 15 is 0 Å². The summed E-state index contributed by atoms with van der Waals surface area (Å²) in [6.07, 6.45) is -0.296. The molecule has 0 aromatic heterocycles. The van der Waals surface area contributed by atoms with E-state index in [-0.39, 0.29) is 31.7 Å². The van der Waals surface area contributed by atoms with Crippen molar-refractivity contribution >= 4 is 35.5 Å². The van der Waals surface area contributed by atoms with Crippen LogP contribution in [0, 0.1) is 5.92 Å². The smallest absolute Gasteiger partial charge is 0.326 e. The number of carboxylic acid groups (broad SMARTS) is 1. The quantitative estimate of drug-likeness (QED) is 0.179. The minimum atomic E-state index is -1.44. The highest BCUT2D eigenvalue weighted by Gasteiger charge is 2.39. The van der Waals surface area contributed by atoms with Gasteiger partial charge in [0.05, 0.1) is 12.5 Å². The Morgan fingerprint density at radius 2 is 1.59 bits per heavy atom. The van der Waals surface area contributed by atoms with E-state index < -0.39 is 66.1 Å². The van der Waals surface area contributed by atoms with Crippen LogP contribution < -0.4 is 27.8 Å². The van der Waals surface area contributed by atoms with Gasteiger partial charge in [-0.25, -0.2) is 4.79 Å². The summed E-state index contributed by atoms with van der Waals surface area (Å²) in [4.78, 5) is 73.2. The summed E-state index contributed by atoms with van der Waals surface area (Å²) in [6.45, 7) is 3.56. The third-order valence-electron chi connectivity index (χ3n) is 5.17. The molecule has 0 radical (unpaired) electrons. The molecule has 4 unspecified atom stereocenters. The van der Waals surface area contributed by atoms with Crippen molar-refractivity contribution in [2.75, 3.05) is 6.54 Å². The molecule has 9 N–H and O–H groups in total. The van der Waals surface area contributed by atoms with Crippen molar-refractivity contribution < 1.29 is 33.9 Å². The van der Waals surface area contributed by atoms with Crippen molar-refractivity contribution in [1.82, 2.24) is 15.5 Å². The first-order valence-corrected chi connectivity index (χ1v) is 10.3. The van der Waals surface area contributed by atoms with Gasteiger partial charge in [-0.3, -0.25) is 24.0 Å². The summed E-state index contributed by atoms with van der Waals surface area (Å²) in [5.41, 5.74) is 16.1. The standard InChI is InChI=1S/C19H32N6O7/c1-9(2)15(22)17(29)23-10(5-6-13(20)26)16(28)24-11(8-14(21)27)18(30)25-7-3-4-12(25)19(31)32/h9-12,15H,3-8,22H2,1-2H3,(H2,20,26)(H2,21,27)(H,23,29)(H,24,28)(H,31,32). The first kappa shape index (κ1) is 26.8. The van der Waals surface area contributed by atoms with Crippen LogP contribution in [-0.4, -0.2) is 76.2 Å². The predicted octanol–water partition coefficient (Wildman–Crippen LogP) is -2.84. The van der Waals surface area contributed by atoms with Crippen LogP contribution in [0.2, 0.25) is 0 Å². The fourth-order valence-electron chi connectivity index (χ4n) is 3.29. The highest BCUT2D eigenvalue weighted by molar-refractivity contribution is 5.96. The van der Waals surface area contributed by atoms with Crippen LogP contribution in [0.4, 0.5) is 0 Å². The molecular weight excluding hydrogens is 424 g/mol. The monoisotopic (exact) mass is 456 g/mol. The van der Waals surface area contributed by atoms with Crippen molar-refractivity contribution in [3.8, 4) is 0 Å². The molecule has 1 heterocycles. The van der Waals surface area contributed by atoms with Crippen molar-refractivity contribution in [3.05, 3.63) is 0 Å². The van der Waals surface area contributed by atoms with E-state index in [1.165, 1.54) is 0 Å². The lowest BCUT2D eigenvalue weighted by atomic mass is 10.0. The Kier molecular flexibility index (Phi) is 10.0. The van der Waals surface area contributed by atoms with Gasteiger partial charge in [-0.1, -0.05) is 13.8 Å². The van der Waals surface area contributed by atoms with E-state index in [0.717, 1.165) is 4.90 Å². The Morgan fingerprint density at radius 3 is 2.09 bits per heavy atom. The van der Waals surface area contributed by atoms with Gasteiger partial charge in [-0.15, -0.1) is 0 Å². The van der Waals surface area contributed by atoms with Gasteiger partial charge in [0.1, 0.15) is 18.1 Å². The fraction of sp³-hybridized carbons (Fsp3) is 0.684. The summed E-state index contributed by atoms with van der Waals surface area (Å²) in [6, 6.07) is -4.71. The average molecular weight is 457 g/mol. The maximum Gasteiger partial charge on any atom is 0.326 e. The first-order valence-electron chi connectivity index (χ1n) is 10.3. The number of carbonyl (C=O) groups excluding carboxylic acids is 5. The number of likely N-dealkylation sites (tertiary alicyclic amines) is 1. The zero-order valence-electron chi connectivity index (χ0n) is 18.2. The second-order valence-electron chi connectivity index (χ2n) is 8.10. The second kappa shape index (κ2) is 12.0. The van der Waals surface area contributed by atoms with Crippen LogP contribution in [0.5, 0.6) is 0 Å². The molecule has 1 fully saturated rings. The molecule has 0 aromatic rings. The molecule has 4 atom stereocenters. The number of carboxylic acids is 1. The molecule has 0 aliphatic carbocycles. The summed E-state index contributed by atoms with van der Waals surface area (Å²) in [5, 5.41) is 14.1. The molecule has 180 valence electrons. The van der Waals surface area contributed by atoms with Crippen LogP contribution in [0.3, 0.4) is 0 Å². The van der Waals surface area contributed by atoms with Gasteiger partial charge in [0.2, 0.25) is 29.5 Å². The molecule has 1 rings (SSSR count). The van der Waals surface area contributed by atoms with E-state index in [1.54, 1.807) is 13.8 Å². The zero-order valence-corrected chi connectivity index (χ0v) is 18.2. The van der Waals surface area contributed by atoms with Gasteiger partial charge in [0.25, 0.3) is 0 Å². The van der Waals surface area contributed by atoms with Crippen LogP contribution >= 0.6 is 0 Å². The van der Waals surface area contributed by atoms with E-state index in [2.05, 4.69) is 10.6 Å². The maximum atomic E-state index is 12.9. The van der Waals surface area contributed by atoms with Gasteiger partial charge in [0.15, 0.2) is 0 Å². The summed E-state index contributed by atoms with van der Waals surface area (Å²) >= 11 is 0. The van der Waals surface area contributed by atoms with Gasteiger partial charge in [-0.2, -0.15) is 0 Å². The molecule has 32 heavy (non-hydrogen) atoms. The van der Waals surface area contributed by atoms with Crippen LogP contribution in [0.25, 0.3) is 0 Å². The molecule has 1 saturated heterocycles. The Morgan fingerprint density at radius 1 is 1.00 bits per heavy atom. The van der Waals surface area contributed by atoms with E-state index in [4.69, 9.17) is 17.2 Å². The lowest BCUT2D eigenvalue weighted by Crippen LogP contribution is -2.58. The number of nitrogens with one attached hydrogen (secondary N) is 2. The Balaban J connectivity index is 3.04. The van der Waals surface area contributed by atoms with Crippen molar-refractivity contribution in [2.45, 2.75) is 70.1 Å². The number of amides is 5. The van der Waals surface area contributed by atoms with E-state index in [1.807, 2.05) is 0 Å². The second-order valence-corrected chi connectivity index (χ2v) is 8.10. The number of hydrogen-bond acceptors (Lipinski definition) is 7. The Labute approximate surface area is 185 Å². The van der Waals surface area contributed by atoms with E-state index in [0.29, 0.717) is 6.42 Å².